The maximum absolute atomic E-state index is 13.6. The highest BCUT2D eigenvalue weighted by Crippen LogP contribution is 2.34. The van der Waals surface area contributed by atoms with Crippen LogP contribution in [0, 0.1) is 11.6 Å². The fraction of sp³-hybridized carbons (Fsp3) is 0.294. The van der Waals surface area contributed by atoms with Crippen LogP contribution in [-0.2, 0) is 13.0 Å². The number of hydrogen-bond acceptors (Lipinski definition) is 2. The molecule has 2 aromatic rings. The van der Waals surface area contributed by atoms with Crippen molar-refractivity contribution in [2.75, 3.05) is 0 Å². The Labute approximate surface area is 122 Å². The Bertz CT molecular complexity index is 657. The Hall–Kier alpha value is -1.94. The van der Waals surface area contributed by atoms with Crippen molar-refractivity contribution in [3.8, 4) is 5.75 Å². The zero-order chi connectivity index (χ0) is 14.8. The summed E-state index contributed by atoms with van der Waals surface area (Å²) in [5.74, 6) is -0.987. The average Bonchev–Trinajstić information content (AvgIpc) is 2.49. The maximum Gasteiger partial charge on any atom is 0.165 e. The van der Waals surface area contributed by atoms with Crippen LogP contribution in [-0.4, -0.2) is 0 Å². The number of rotatable bonds is 3. The zero-order valence-corrected chi connectivity index (χ0v) is 11.6. The molecule has 0 saturated carbocycles. The van der Waals surface area contributed by atoms with Gasteiger partial charge in [0.25, 0.3) is 0 Å². The summed E-state index contributed by atoms with van der Waals surface area (Å²) in [6.07, 6.45) is 2.89. The number of benzene rings is 2. The lowest BCUT2D eigenvalue weighted by atomic mass is 9.87. The number of halogens is 2. The predicted molar refractivity (Wildman–Crippen MR) is 77.0 cm³/mol. The van der Waals surface area contributed by atoms with E-state index >= 15 is 0 Å². The van der Waals surface area contributed by atoms with Crippen molar-refractivity contribution in [3.63, 3.8) is 0 Å². The topological polar surface area (TPSA) is 35.2 Å². The third kappa shape index (κ3) is 2.76. The molecule has 1 aliphatic rings. The SMILES string of the molecule is NC1CCCc2c(OCc3cccc(F)c3F)cccc21. The third-order valence-electron chi connectivity index (χ3n) is 3.93. The van der Waals surface area contributed by atoms with Crippen LogP contribution >= 0.6 is 0 Å². The summed E-state index contributed by atoms with van der Waals surface area (Å²) >= 11 is 0. The van der Waals surface area contributed by atoms with Crippen molar-refractivity contribution in [2.45, 2.75) is 31.9 Å². The molecule has 3 rings (SSSR count). The molecule has 2 aromatic carbocycles. The molecule has 0 saturated heterocycles. The standard InChI is InChI=1S/C17H17F2NO/c18-14-7-1-4-11(17(14)19)10-21-16-9-3-5-12-13(16)6-2-8-15(12)20/h1,3-5,7,9,15H,2,6,8,10,20H2. The lowest BCUT2D eigenvalue weighted by Gasteiger charge is -2.24. The van der Waals surface area contributed by atoms with Gasteiger partial charge in [-0.05, 0) is 42.5 Å². The molecular formula is C17H17F2NO. The minimum Gasteiger partial charge on any atom is -0.489 e. The summed E-state index contributed by atoms with van der Waals surface area (Å²) in [5, 5.41) is 0. The molecule has 0 aromatic heterocycles. The van der Waals surface area contributed by atoms with E-state index in [4.69, 9.17) is 10.5 Å². The van der Waals surface area contributed by atoms with Gasteiger partial charge in [0.05, 0.1) is 0 Å². The van der Waals surface area contributed by atoms with Crippen LogP contribution in [0.25, 0.3) is 0 Å². The molecule has 1 unspecified atom stereocenters. The maximum atomic E-state index is 13.6. The molecule has 1 aliphatic carbocycles. The highest BCUT2D eigenvalue weighted by molar-refractivity contribution is 5.43. The summed E-state index contributed by atoms with van der Waals surface area (Å²) in [4.78, 5) is 0. The normalized spacial score (nSPS) is 17.4. The predicted octanol–water partition coefficient (Wildman–Crippen LogP) is 3.88. The van der Waals surface area contributed by atoms with E-state index in [2.05, 4.69) is 0 Å². The molecule has 0 bridgehead atoms. The molecule has 0 aliphatic heterocycles. The van der Waals surface area contributed by atoms with Gasteiger partial charge in [0.15, 0.2) is 11.6 Å². The van der Waals surface area contributed by atoms with Gasteiger partial charge in [0.2, 0.25) is 0 Å². The Morgan fingerprint density at radius 3 is 2.81 bits per heavy atom. The van der Waals surface area contributed by atoms with Crippen LogP contribution in [0.5, 0.6) is 5.75 Å². The van der Waals surface area contributed by atoms with Gasteiger partial charge >= 0.3 is 0 Å². The number of ether oxygens (including phenoxy) is 1. The zero-order valence-electron chi connectivity index (χ0n) is 11.6. The molecule has 2 N–H and O–H groups in total. The second kappa shape index (κ2) is 5.82. The molecule has 0 spiro atoms. The van der Waals surface area contributed by atoms with Gasteiger partial charge in [0.1, 0.15) is 12.4 Å². The fourth-order valence-electron chi connectivity index (χ4n) is 2.80. The molecule has 0 fully saturated rings. The van der Waals surface area contributed by atoms with E-state index in [0.717, 1.165) is 36.5 Å². The minimum absolute atomic E-state index is 0.00921. The smallest absolute Gasteiger partial charge is 0.165 e. The van der Waals surface area contributed by atoms with Crippen molar-refractivity contribution in [3.05, 3.63) is 64.7 Å². The second-order valence-electron chi connectivity index (χ2n) is 5.32. The molecule has 21 heavy (non-hydrogen) atoms. The van der Waals surface area contributed by atoms with Gasteiger partial charge in [0, 0.05) is 11.6 Å². The second-order valence-corrected chi connectivity index (χ2v) is 5.32. The largest absolute Gasteiger partial charge is 0.489 e. The van der Waals surface area contributed by atoms with Crippen LogP contribution in [0.2, 0.25) is 0 Å². The lowest BCUT2D eigenvalue weighted by Crippen LogP contribution is -2.18. The lowest BCUT2D eigenvalue weighted by molar-refractivity contribution is 0.292. The molecule has 1 atom stereocenters. The Morgan fingerprint density at radius 2 is 1.95 bits per heavy atom. The first kappa shape index (κ1) is 14.0. The summed E-state index contributed by atoms with van der Waals surface area (Å²) in [6, 6.07) is 9.89. The molecule has 0 radical (unpaired) electrons. The monoisotopic (exact) mass is 289 g/mol. The first-order valence-electron chi connectivity index (χ1n) is 7.10. The number of fused-ring (bicyclic) bond motifs is 1. The molecular weight excluding hydrogens is 272 g/mol. The van der Waals surface area contributed by atoms with Crippen LogP contribution in [0.15, 0.2) is 36.4 Å². The van der Waals surface area contributed by atoms with E-state index in [-0.39, 0.29) is 18.2 Å². The first-order valence-corrected chi connectivity index (χ1v) is 7.10. The van der Waals surface area contributed by atoms with Crippen molar-refractivity contribution >= 4 is 0 Å². The van der Waals surface area contributed by atoms with Gasteiger partial charge in [-0.3, -0.25) is 0 Å². The summed E-state index contributed by atoms with van der Waals surface area (Å²) in [6.45, 7) is 0.00921. The van der Waals surface area contributed by atoms with Crippen LogP contribution in [0.1, 0.15) is 35.6 Å². The van der Waals surface area contributed by atoms with Gasteiger partial charge in [-0.25, -0.2) is 8.78 Å². The van der Waals surface area contributed by atoms with Crippen LogP contribution in [0.4, 0.5) is 8.78 Å². The van der Waals surface area contributed by atoms with E-state index in [0.29, 0.717) is 5.75 Å². The van der Waals surface area contributed by atoms with Gasteiger partial charge in [-0.1, -0.05) is 24.3 Å². The highest BCUT2D eigenvalue weighted by atomic mass is 19.2. The number of nitrogens with two attached hydrogens (primary N) is 1. The fourth-order valence-corrected chi connectivity index (χ4v) is 2.80. The van der Waals surface area contributed by atoms with Gasteiger partial charge in [-0.2, -0.15) is 0 Å². The summed E-state index contributed by atoms with van der Waals surface area (Å²) < 4.78 is 32.5. The van der Waals surface area contributed by atoms with E-state index in [1.165, 1.54) is 12.1 Å². The Balaban J connectivity index is 1.83. The van der Waals surface area contributed by atoms with E-state index in [9.17, 15) is 8.78 Å². The Morgan fingerprint density at radius 1 is 1.14 bits per heavy atom. The minimum atomic E-state index is -0.854. The molecule has 0 heterocycles. The van der Waals surface area contributed by atoms with E-state index in [1.807, 2.05) is 18.2 Å². The highest BCUT2D eigenvalue weighted by Gasteiger charge is 2.20. The molecule has 110 valence electrons. The molecule has 4 heteroatoms. The van der Waals surface area contributed by atoms with E-state index < -0.39 is 11.6 Å². The van der Waals surface area contributed by atoms with Crippen molar-refractivity contribution < 1.29 is 13.5 Å². The first-order chi connectivity index (χ1) is 10.2. The quantitative estimate of drug-likeness (QED) is 0.930. The average molecular weight is 289 g/mol. The summed E-state index contributed by atoms with van der Waals surface area (Å²) in [5.41, 5.74) is 8.50. The summed E-state index contributed by atoms with van der Waals surface area (Å²) in [7, 11) is 0. The third-order valence-corrected chi connectivity index (χ3v) is 3.93. The van der Waals surface area contributed by atoms with Crippen LogP contribution < -0.4 is 10.5 Å². The van der Waals surface area contributed by atoms with Crippen molar-refractivity contribution in [2.24, 2.45) is 5.73 Å². The van der Waals surface area contributed by atoms with Crippen molar-refractivity contribution in [1.82, 2.24) is 0 Å². The molecule has 0 amide bonds. The Kier molecular flexibility index (Phi) is 3.88. The number of hydrogen-bond donors (Lipinski definition) is 1. The van der Waals surface area contributed by atoms with Gasteiger partial charge in [-0.15, -0.1) is 0 Å². The van der Waals surface area contributed by atoms with Gasteiger partial charge < -0.3 is 10.5 Å². The molecule has 2 nitrogen and oxygen atoms in total. The van der Waals surface area contributed by atoms with Crippen LogP contribution in [0.3, 0.4) is 0 Å². The van der Waals surface area contributed by atoms with E-state index in [1.54, 1.807) is 0 Å². The van der Waals surface area contributed by atoms with Crippen molar-refractivity contribution in [1.29, 1.82) is 0 Å².